The van der Waals surface area contributed by atoms with Crippen molar-refractivity contribution in [2.24, 2.45) is 0 Å². The molecule has 6 aromatic carbocycles. The van der Waals surface area contributed by atoms with Gasteiger partial charge in [-0.2, -0.15) is 0 Å². The lowest BCUT2D eigenvalue weighted by atomic mass is 9.80. The fourth-order valence-corrected chi connectivity index (χ4v) is 5.89. The summed E-state index contributed by atoms with van der Waals surface area (Å²) in [5.74, 6) is 1.58. The molecule has 0 saturated carbocycles. The third-order valence-electron chi connectivity index (χ3n) is 6.50. The zero-order valence-corrected chi connectivity index (χ0v) is 28.3. The van der Waals surface area contributed by atoms with E-state index in [1.807, 2.05) is 12.1 Å². The van der Waals surface area contributed by atoms with Gasteiger partial charge in [0.2, 0.25) is 0 Å². The summed E-state index contributed by atoms with van der Waals surface area (Å²) >= 11 is 9.49. The molecule has 0 saturated heterocycles. The minimum atomic E-state index is -1.40. The van der Waals surface area contributed by atoms with Crippen molar-refractivity contribution in [1.29, 1.82) is 0 Å². The summed E-state index contributed by atoms with van der Waals surface area (Å²) < 4.78 is 13.7. The predicted molar refractivity (Wildman–Crippen MR) is 198 cm³/mol. The number of fused-ring (bicyclic) bond motifs is 2. The first-order valence-electron chi connectivity index (χ1n) is 13.0. The fraction of sp³-hybridized carbons (Fsp3) is 0.0857. The van der Waals surface area contributed by atoms with E-state index in [4.69, 9.17) is 19.5 Å². The fourth-order valence-electron chi connectivity index (χ4n) is 4.29. The van der Waals surface area contributed by atoms with Crippen LogP contribution in [0.3, 0.4) is 0 Å². The van der Waals surface area contributed by atoms with Crippen molar-refractivity contribution in [2.75, 3.05) is 14.2 Å². The van der Waals surface area contributed by atoms with Gasteiger partial charge in [-0.3, -0.25) is 0 Å². The maximum absolute atomic E-state index is 8.70. The number of methoxy groups -OCH3 is 2. The van der Waals surface area contributed by atoms with E-state index in [1.165, 1.54) is 40.7 Å². The van der Waals surface area contributed by atoms with E-state index in [-0.39, 0.29) is 7.43 Å². The smallest absolute Gasteiger partial charge is 0.488 e. The van der Waals surface area contributed by atoms with Crippen LogP contribution in [-0.4, -0.2) is 31.4 Å². The highest BCUT2D eigenvalue weighted by Crippen LogP contribution is 2.33. The maximum atomic E-state index is 8.70. The van der Waals surface area contributed by atoms with Gasteiger partial charge in [0.1, 0.15) is 11.5 Å². The maximum Gasteiger partial charge on any atom is 0.488 e. The van der Waals surface area contributed by atoms with Crippen LogP contribution in [0.15, 0.2) is 130 Å². The highest BCUT2D eigenvalue weighted by Gasteiger charge is 2.09. The molecule has 0 fully saturated rings. The van der Waals surface area contributed by atoms with E-state index < -0.39 is 7.12 Å². The molecule has 0 radical (unpaired) electrons. The van der Waals surface area contributed by atoms with Crippen LogP contribution in [0, 0.1) is 3.57 Å². The number of rotatable bonds is 4. The summed E-state index contributed by atoms with van der Waals surface area (Å²) in [5.41, 5.74) is 2.90. The molecule has 43 heavy (non-hydrogen) atoms. The Morgan fingerprint density at radius 1 is 0.558 bits per heavy atom. The van der Waals surface area contributed by atoms with Gasteiger partial charge in [0.05, 0.1) is 14.2 Å². The monoisotopic (exact) mass is 812 g/mol. The first-order chi connectivity index (χ1) is 20.3. The van der Waals surface area contributed by atoms with Gasteiger partial charge in [0.15, 0.2) is 0 Å². The van der Waals surface area contributed by atoms with Gasteiger partial charge in [-0.15, -0.1) is 0 Å². The number of ether oxygens (including phenoxy) is 2. The summed E-state index contributed by atoms with van der Waals surface area (Å²) in [5, 5.41) is 22.5. The van der Waals surface area contributed by atoms with E-state index in [2.05, 4.69) is 139 Å². The Morgan fingerprint density at radius 2 is 1.00 bits per heavy atom. The van der Waals surface area contributed by atoms with Gasteiger partial charge in [-0.05, 0) is 103 Å². The van der Waals surface area contributed by atoms with Gasteiger partial charge in [-0.25, -0.2) is 0 Å². The highest BCUT2D eigenvalue weighted by molar-refractivity contribution is 14.1. The van der Waals surface area contributed by atoms with Crippen LogP contribution in [-0.2, 0) is 0 Å². The Balaban J connectivity index is 0.000000184. The van der Waals surface area contributed by atoms with Crippen LogP contribution in [0.1, 0.15) is 7.43 Å². The van der Waals surface area contributed by atoms with Crippen molar-refractivity contribution in [3.05, 3.63) is 134 Å². The molecule has 0 bridgehead atoms. The average molecular weight is 814 g/mol. The Kier molecular flexibility index (Phi) is 13.5. The van der Waals surface area contributed by atoms with Gasteiger partial charge in [-0.1, -0.05) is 118 Å². The van der Waals surface area contributed by atoms with Crippen molar-refractivity contribution in [3.8, 4) is 22.6 Å². The van der Waals surface area contributed by atoms with Gasteiger partial charge >= 0.3 is 7.12 Å². The molecule has 220 valence electrons. The second-order valence-corrected chi connectivity index (χ2v) is 12.0. The molecule has 8 heteroatoms. The molecule has 0 spiro atoms. The lowest BCUT2D eigenvalue weighted by molar-refractivity contribution is 0.414. The SMILES string of the molecule is Brc1ccc(I)c2ccccc12.C.COc1ccc(-c2ccc(Br)c3ccccc23)cc1.COc1ccc(B(O)O)cc1. The quantitative estimate of drug-likeness (QED) is 0.138. The summed E-state index contributed by atoms with van der Waals surface area (Å²) in [6.45, 7) is 0. The molecule has 0 atom stereocenters. The normalized spacial score (nSPS) is 10.0. The lowest BCUT2D eigenvalue weighted by Crippen LogP contribution is -2.29. The molecule has 2 N–H and O–H groups in total. The summed E-state index contributed by atoms with van der Waals surface area (Å²) in [6.07, 6.45) is 0. The molecule has 4 nitrogen and oxygen atoms in total. The minimum Gasteiger partial charge on any atom is -0.497 e. The van der Waals surface area contributed by atoms with Crippen LogP contribution < -0.4 is 14.9 Å². The molecular weight excluding hydrogens is 782 g/mol. The number of benzene rings is 6. The molecule has 0 aliphatic carbocycles. The molecule has 0 amide bonds. The van der Waals surface area contributed by atoms with Gasteiger partial charge < -0.3 is 19.5 Å². The topological polar surface area (TPSA) is 58.9 Å². The first-order valence-corrected chi connectivity index (χ1v) is 15.6. The first kappa shape index (κ1) is 34.6. The molecule has 6 aromatic rings. The van der Waals surface area contributed by atoms with Crippen molar-refractivity contribution in [2.45, 2.75) is 7.43 Å². The molecule has 0 unspecified atom stereocenters. The van der Waals surface area contributed by atoms with Crippen LogP contribution >= 0.6 is 54.5 Å². The van der Waals surface area contributed by atoms with Crippen molar-refractivity contribution >= 4 is 88.6 Å². The third kappa shape index (κ3) is 9.06. The van der Waals surface area contributed by atoms with Crippen molar-refractivity contribution < 1.29 is 19.5 Å². The largest absolute Gasteiger partial charge is 0.497 e. The van der Waals surface area contributed by atoms with Crippen LogP contribution in [0.25, 0.3) is 32.7 Å². The van der Waals surface area contributed by atoms with Crippen molar-refractivity contribution in [3.63, 3.8) is 0 Å². The second kappa shape index (κ2) is 16.8. The predicted octanol–water partition coefficient (Wildman–Crippen LogP) is 9.50. The van der Waals surface area contributed by atoms with E-state index in [0.717, 1.165) is 10.2 Å². The Morgan fingerprint density at radius 3 is 1.49 bits per heavy atom. The second-order valence-electron chi connectivity index (χ2n) is 9.09. The molecule has 0 heterocycles. The molecular formula is C35H32BBr2IO4. The van der Waals surface area contributed by atoms with E-state index in [0.29, 0.717) is 11.2 Å². The minimum absolute atomic E-state index is 0. The van der Waals surface area contributed by atoms with Gasteiger partial charge in [0, 0.05) is 12.5 Å². The zero-order valence-electron chi connectivity index (χ0n) is 23.0. The zero-order chi connectivity index (χ0) is 30.1. The molecule has 6 rings (SSSR count). The van der Waals surface area contributed by atoms with E-state index >= 15 is 0 Å². The van der Waals surface area contributed by atoms with Gasteiger partial charge in [0.25, 0.3) is 0 Å². The lowest BCUT2D eigenvalue weighted by Gasteiger charge is -2.09. The van der Waals surface area contributed by atoms with E-state index in [1.54, 1.807) is 38.5 Å². The van der Waals surface area contributed by atoms with E-state index in [9.17, 15) is 0 Å². The molecule has 0 aromatic heterocycles. The number of hydrogen-bond donors (Lipinski definition) is 2. The number of hydrogen-bond acceptors (Lipinski definition) is 4. The highest BCUT2D eigenvalue weighted by atomic mass is 127. The average Bonchev–Trinajstić information content (AvgIpc) is 3.04. The summed E-state index contributed by atoms with van der Waals surface area (Å²) in [4.78, 5) is 0. The van der Waals surface area contributed by atoms with Crippen LogP contribution in [0.2, 0.25) is 0 Å². The Hall–Kier alpha value is -2.89. The van der Waals surface area contributed by atoms with Crippen molar-refractivity contribution in [1.82, 2.24) is 0 Å². The Labute approximate surface area is 284 Å². The summed E-state index contributed by atoms with van der Waals surface area (Å²) in [7, 11) is 1.84. The van der Waals surface area contributed by atoms with Crippen LogP contribution in [0.4, 0.5) is 0 Å². The number of halogens is 3. The third-order valence-corrected chi connectivity index (χ3v) is 8.83. The Bertz CT molecular complexity index is 1720. The van der Waals surface area contributed by atoms with Crippen LogP contribution in [0.5, 0.6) is 11.5 Å². The molecule has 0 aliphatic rings. The standard InChI is InChI=1S/C17H13BrO.C10H6BrI.C7H9BO3.CH4/c1-19-13-8-6-12(7-9-13)14-10-11-17(18)16-5-3-2-4-15(14)16;11-9-5-6-10(12)8-4-2-1-3-7(8)9;1-11-7-4-2-6(3-5-7)8(9)10;/h2-11H,1H3;1-6H;2-5,9-10H,1H3;1H4. The molecule has 0 aliphatic heterocycles. The summed E-state index contributed by atoms with van der Waals surface area (Å²) in [6, 6.07) is 40.0.